The second-order valence-corrected chi connectivity index (χ2v) is 9.08. The monoisotopic (exact) mass is 347 g/mol. The van der Waals surface area contributed by atoms with Crippen LogP contribution in [0.3, 0.4) is 0 Å². The van der Waals surface area contributed by atoms with Gasteiger partial charge in [-0.2, -0.15) is 4.98 Å². The number of nitrogens with one attached hydrogen (secondary N) is 1. The predicted octanol–water partition coefficient (Wildman–Crippen LogP) is 0.805. The minimum absolute atomic E-state index is 0.0473. The van der Waals surface area contributed by atoms with Crippen molar-refractivity contribution >= 4 is 27.5 Å². The Labute approximate surface area is 134 Å². The van der Waals surface area contributed by atoms with Crippen molar-refractivity contribution in [2.24, 2.45) is 5.92 Å². The van der Waals surface area contributed by atoms with Crippen molar-refractivity contribution in [1.82, 2.24) is 15.5 Å². The number of thioether (sulfide) groups is 1. The third kappa shape index (κ3) is 5.60. The van der Waals surface area contributed by atoms with Crippen LogP contribution in [-0.2, 0) is 26.8 Å². The first-order chi connectivity index (χ1) is 10.3. The molecule has 0 saturated carbocycles. The van der Waals surface area contributed by atoms with Crippen molar-refractivity contribution < 1.29 is 17.7 Å². The first-order valence-corrected chi connectivity index (χ1v) is 10.2. The summed E-state index contributed by atoms with van der Waals surface area (Å²) in [5.41, 5.74) is 0. The Bertz CT molecular complexity index is 613. The van der Waals surface area contributed by atoms with Gasteiger partial charge in [0, 0.05) is 12.5 Å². The highest BCUT2D eigenvalue weighted by molar-refractivity contribution is 7.99. The fourth-order valence-electron chi connectivity index (χ4n) is 2.21. The van der Waals surface area contributed by atoms with Gasteiger partial charge in [-0.15, -0.1) is 11.8 Å². The lowest BCUT2D eigenvalue weighted by molar-refractivity contribution is -0.119. The predicted molar refractivity (Wildman–Crippen MR) is 84.2 cm³/mol. The zero-order chi connectivity index (χ0) is 16.2. The molecule has 1 aliphatic heterocycles. The van der Waals surface area contributed by atoms with E-state index in [-0.39, 0.29) is 29.2 Å². The Hall–Kier alpha value is -1.09. The molecule has 1 atom stereocenters. The van der Waals surface area contributed by atoms with Crippen molar-refractivity contribution in [3.63, 3.8) is 0 Å². The summed E-state index contributed by atoms with van der Waals surface area (Å²) in [6.45, 7) is 4.16. The molecule has 124 valence electrons. The van der Waals surface area contributed by atoms with Crippen LogP contribution in [-0.4, -0.2) is 47.8 Å². The SMILES string of the molecule is CC(C)Cc1noc(CSCC(=O)N[C@@H]2CCS(=O)(=O)C2)n1. The molecule has 2 rings (SSSR count). The second-order valence-electron chi connectivity index (χ2n) is 5.86. The van der Waals surface area contributed by atoms with Crippen LogP contribution in [0.2, 0.25) is 0 Å². The maximum Gasteiger partial charge on any atom is 0.236 e. The van der Waals surface area contributed by atoms with E-state index in [1.54, 1.807) is 0 Å². The van der Waals surface area contributed by atoms with Crippen molar-refractivity contribution in [3.8, 4) is 0 Å². The van der Waals surface area contributed by atoms with Crippen LogP contribution < -0.4 is 5.32 Å². The second kappa shape index (κ2) is 7.45. The van der Waals surface area contributed by atoms with Crippen molar-refractivity contribution in [3.05, 3.63) is 11.7 Å². The van der Waals surface area contributed by atoms with E-state index >= 15 is 0 Å². The molecule has 1 N–H and O–H groups in total. The Morgan fingerprint density at radius 2 is 2.27 bits per heavy atom. The van der Waals surface area contributed by atoms with Gasteiger partial charge in [-0.05, 0) is 12.3 Å². The average molecular weight is 347 g/mol. The van der Waals surface area contributed by atoms with Gasteiger partial charge < -0.3 is 9.84 Å². The number of carbonyl (C=O) groups is 1. The number of nitrogens with zero attached hydrogens (tertiary/aromatic N) is 2. The summed E-state index contributed by atoms with van der Waals surface area (Å²) >= 11 is 1.37. The molecule has 1 amide bonds. The van der Waals surface area contributed by atoms with Crippen LogP contribution >= 0.6 is 11.8 Å². The van der Waals surface area contributed by atoms with Crippen LogP contribution in [0.4, 0.5) is 0 Å². The molecule has 1 aliphatic rings. The summed E-state index contributed by atoms with van der Waals surface area (Å²) in [4.78, 5) is 16.0. The summed E-state index contributed by atoms with van der Waals surface area (Å²) in [7, 11) is -2.97. The standard InChI is InChI=1S/C13H21N3O4S2/c1-9(2)5-11-15-13(20-16-11)7-21-6-12(17)14-10-3-4-22(18,19)8-10/h9-10H,3-8H2,1-2H3,(H,14,17)/t10-/m1/s1. The first kappa shape index (κ1) is 17.3. The zero-order valence-corrected chi connectivity index (χ0v) is 14.4. The molecule has 0 aliphatic carbocycles. The Kier molecular flexibility index (Phi) is 5.85. The quantitative estimate of drug-likeness (QED) is 0.778. The van der Waals surface area contributed by atoms with Gasteiger partial charge in [-0.25, -0.2) is 8.42 Å². The highest BCUT2D eigenvalue weighted by Gasteiger charge is 2.28. The topological polar surface area (TPSA) is 102 Å². The number of hydrogen-bond acceptors (Lipinski definition) is 7. The van der Waals surface area contributed by atoms with E-state index in [1.165, 1.54) is 11.8 Å². The van der Waals surface area contributed by atoms with Crippen molar-refractivity contribution in [2.75, 3.05) is 17.3 Å². The lowest BCUT2D eigenvalue weighted by Crippen LogP contribution is -2.36. The molecule has 0 unspecified atom stereocenters. The van der Waals surface area contributed by atoms with Gasteiger partial charge in [0.05, 0.1) is 23.0 Å². The molecular weight excluding hydrogens is 326 g/mol. The van der Waals surface area contributed by atoms with E-state index < -0.39 is 9.84 Å². The van der Waals surface area contributed by atoms with Gasteiger partial charge in [-0.3, -0.25) is 4.79 Å². The molecule has 1 aromatic heterocycles. The molecule has 0 radical (unpaired) electrons. The maximum atomic E-state index is 11.8. The van der Waals surface area contributed by atoms with E-state index in [4.69, 9.17) is 4.52 Å². The van der Waals surface area contributed by atoms with Crippen LogP contribution in [0.15, 0.2) is 4.52 Å². The van der Waals surface area contributed by atoms with E-state index in [2.05, 4.69) is 29.3 Å². The van der Waals surface area contributed by atoms with Gasteiger partial charge in [0.2, 0.25) is 11.8 Å². The van der Waals surface area contributed by atoms with E-state index in [0.717, 1.165) is 6.42 Å². The van der Waals surface area contributed by atoms with Gasteiger partial charge in [-0.1, -0.05) is 19.0 Å². The molecule has 0 spiro atoms. The third-order valence-electron chi connectivity index (χ3n) is 3.16. The smallest absolute Gasteiger partial charge is 0.236 e. The zero-order valence-electron chi connectivity index (χ0n) is 12.7. The fraction of sp³-hybridized carbons (Fsp3) is 0.769. The molecule has 9 heteroatoms. The Balaban J connectivity index is 1.68. The number of aromatic nitrogens is 2. The summed E-state index contributed by atoms with van der Waals surface area (Å²) < 4.78 is 27.7. The fourth-order valence-corrected chi connectivity index (χ4v) is 4.54. The average Bonchev–Trinajstić information content (AvgIpc) is 2.95. The van der Waals surface area contributed by atoms with Crippen LogP contribution in [0, 0.1) is 5.92 Å². The van der Waals surface area contributed by atoms with Gasteiger partial charge in [0.25, 0.3) is 0 Å². The molecule has 22 heavy (non-hydrogen) atoms. The number of rotatable bonds is 7. The Morgan fingerprint density at radius 3 is 2.91 bits per heavy atom. The number of sulfone groups is 1. The van der Waals surface area contributed by atoms with Crippen LogP contribution in [0.5, 0.6) is 0 Å². The Morgan fingerprint density at radius 1 is 1.50 bits per heavy atom. The summed E-state index contributed by atoms with van der Waals surface area (Å²) in [5, 5.41) is 6.63. The maximum absolute atomic E-state index is 11.8. The first-order valence-electron chi connectivity index (χ1n) is 7.23. The number of carbonyl (C=O) groups excluding carboxylic acids is 1. The molecule has 1 fully saturated rings. The van der Waals surface area contributed by atoms with Gasteiger partial charge in [0.15, 0.2) is 15.7 Å². The van der Waals surface area contributed by atoms with Gasteiger partial charge >= 0.3 is 0 Å². The van der Waals surface area contributed by atoms with E-state index in [0.29, 0.717) is 29.8 Å². The molecular formula is C13H21N3O4S2. The van der Waals surface area contributed by atoms with Crippen molar-refractivity contribution in [1.29, 1.82) is 0 Å². The third-order valence-corrected chi connectivity index (χ3v) is 5.84. The molecule has 1 aromatic rings. The highest BCUT2D eigenvalue weighted by Crippen LogP contribution is 2.14. The lowest BCUT2D eigenvalue weighted by Gasteiger charge is -2.09. The summed E-state index contributed by atoms with van der Waals surface area (Å²) in [6.07, 6.45) is 1.27. The minimum Gasteiger partial charge on any atom is -0.352 e. The molecule has 7 nitrogen and oxygen atoms in total. The summed E-state index contributed by atoms with van der Waals surface area (Å²) in [6, 6.07) is -0.251. The molecule has 0 bridgehead atoms. The van der Waals surface area contributed by atoms with Crippen LogP contribution in [0.25, 0.3) is 0 Å². The van der Waals surface area contributed by atoms with Crippen molar-refractivity contribution in [2.45, 2.75) is 38.5 Å². The molecule has 0 aromatic carbocycles. The largest absolute Gasteiger partial charge is 0.352 e. The number of hydrogen-bond donors (Lipinski definition) is 1. The van der Waals surface area contributed by atoms with Crippen LogP contribution in [0.1, 0.15) is 32.0 Å². The van der Waals surface area contributed by atoms with E-state index in [9.17, 15) is 13.2 Å². The van der Waals surface area contributed by atoms with E-state index in [1.807, 2.05) is 0 Å². The highest BCUT2D eigenvalue weighted by atomic mass is 32.2. The van der Waals surface area contributed by atoms with Gasteiger partial charge in [0.1, 0.15) is 0 Å². The summed E-state index contributed by atoms with van der Waals surface area (Å²) in [5.74, 6) is 2.43. The minimum atomic E-state index is -2.97. The lowest BCUT2D eigenvalue weighted by atomic mass is 10.1. The molecule has 1 saturated heterocycles. The molecule has 2 heterocycles. The normalized spacial score (nSPS) is 20.4. The number of amides is 1.